The molecule has 12 aromatic carbocycles. The molecule has 0 unspecified atom stereocenters. The average Bonchev–Trinajstić information content (AvgIpc) is 1.66. The quantitative estimate of drug-likeness (QED) is 0.0228. The Bertz CT molecular complexity index is 7450. The van der Waals surface area contributed by atoms with E-state index in [1.165, 1.54) is 45.9 Å². The van der Waals surface area contributed by atoms with Gasteiger partial charge in [-0.3, -0.25) is 38.4 Å². The summed E-state index contributed by atoms with van der Waals surface area (Å²) >= 11 is 4.24. The summed E-state index contributed by atoms with van der Waals surface area (Å²) in [5, 5.41) is 40.1. The number of benzene rings is 12. The van der Waals surface area contributed by atoms with Crippen molar-refractivity contribution < 1.29 is 62.8 Å². The van der Waals surface area contributed by atoms with E-state index >= 15 is 0 Å². The number of rotatable bonds is 16. The highest BCUT2D eigenvalue weighted by molar-refractivity contribution is 15.0. The topological polar surface area (TPSA) is 273 Å². The van der Waals surface area contributed by atoms with Gasteiger partial charge in [0.1, 0.15) is 12.9 Å². The second-order valence-electron chi connectivity index (χ2n) is 32.9. The van der Waals surface area contributed by atoms with Crippen LogP contribution in [0.2, 0.25) is 0 Å². The van der Waals surface area contributed by atoms with Crippen molar-refractivity contribution in [2.24, 2.45) is 0 Å². The summed E-state index contributed by atoms with van der Waals surface area (Å²) in [6.07, 6.45) is 5.18. The zero-order chi connectivity index (χ0) is 86.6. The lowest BCUT2D eigenvalue weighted by atomic mass is 9.92. The van der Waals surface area contributed by atoms with Crippen molar-refractivity contribution in [1.29, 1.82) is 0 Å². The van der Waals surface area contributed by atoms with E-state index in [-0.39, 0.29) is 76.0 Å². The molecule has 0 bridgehead atoms. The van der Waals surface area contributed by atoms with E-state index in [9.17, 15) is 48.6 Å². The van der Waals surface area contributed by atoms with Crippen LogP contribution < -0.4 is 21.3 Å². The van der Waals surface area contributed by atoms with Crippen molar-refractivity contribution >= 4 is 172 Å². The van der Waals surface area contributed by atoms with Crippen LogP contribution in [-0.4, -0.2) is 103 Å². The summed E-state index contributed by atoms with van der Waals surface area (Å²) in [5.41, 5.74) is 35.9. The number of halogens is 2. The fourth-order valence-corrected chi connectivity index (χ4v) is 21.6. The SMILES string of the molecule is C.C.CC(=O)OCCn1c2ccccc2c2c3c(c4c(c21)Cc1ccccc1-4)C(=O)NC3.CCOC(=O)CCn1c2ccc(C=O)cc2c2c3c(c4c(c21)Cc1ccccc1-4)C(=O)NC3.CCOC(=O)CCn1c2ccccc2c2c3c(c4c(c21)Cc1ccccc1-4)C(=O)NC3.II.O=C1NCc2c1c1c(c3c2c2cc(CO)ccc2n3CCCO)Cc2ccccc2-1. The number of aliphatic hydroxyl groups is 2. The zero-order valence-corrected chi connectivity index (χ0v) is 73.8. The van der Waals surface area contributed by atoms with Gasteiger partial charge in [-0.2, -0.15) is 0 Å². The van der Waals surface area contributed by atoms with Gasteiger partial charge in [0, 0.05) is 215 Å². The molecule has 0 fully saturated rings. The van der Waals surface area contributed by atoms with E-state index in [0.29, 0.717) is 90.6 Å². The first-order valence-electron chi connectivity index (χ1n) is 42.8. The summed E-state index contributed by atoms with van der Waals surface area (Å²) in [7, 11) is 0. The van der Waals surface area contributed by atoms with Crippen LogP contribution in [0.3, 0.4) is 0 Å². The molecule has 8 heterocycles. The third-order valence-electron chi connectivity index (χ3n) is 26.3. The van der Waals surface area contributed by atoms with Crippen molar-refractivity contribution in [2.45, 2.75) is 140 Å². The van der Waals surface area contributed by atoms with Gasteiger partial charge in [-0.05, 0) is 157 Å². The number of para-hydroxylation sites is 2. The van der Waals surface area contributed by atoms with Crippen LogP contribution in [0.4, 0.5) is 0 Å². The molecule has 23 heteroatoms. The van der Waals surface area contributed by atoms with E-state index in [0.717, 1.165) is 219 Å². The van der Waals surface area contributed by atoms with E-state index in [1.54, 1.807) is 13.0 Å². The number of carbonyl (C=O) groups is 8. The predicted octanol–water partition coefficient (Wildman–Crippen LogP) is 19.6. The molecule has 8 aliphatic rings. The maximum atomic E-state index is 13.0. The average molecular weight is 1930 g/mol. The van der Waals surface area contributed by atoms with Crippen molar-refractivity contribution in [3.8, 4) is 44.5 Å². The second kappa shape index (κ2) is 35.1. The molecular weight excluding hydrogens is 1840 g/mol. The van der Waals surface area contributed by atoms with Gasteiger partial charge < -0.3 is 64.0 Å². The van der Waals surface area contributed by atoms with Crippen LogP contribution in [0.5, 0.6) is 0 Å². The Morgan fingerprint density at radius 3 is 1.08 bits per heavy atom. The van der Waals surface area contributed by atoms with Gasteiger partial charge in [0.2, 0.25) is 0 Å². The Kier molecular flexibility index (Phi) is 23.6. The van der Waals surface area contributed by atoms with Gasteiger partial charge in [-0.15, -0.1) is 0 Å². The van der Waals surface area contributed by atoms with Gasteiger partial charge in [-0.1, -0.05) is 154 Å². The molecule has 646 valence electrons. The number of aldehydes is 1. The first-order valence-corrected chi connectivity index (χ1v) is 49.1. The fourth-order valence-electron chi connectivity index (χ4n) is 21.6. The number of aryl methyl sites for hydroxylation is 3. The van der Waals surface area contributed by atoms with Gasteiger partial charge >= 0.3 is 17.9 Å². The number of aliphatic hydroxyl groups excluding tert-OH is 2. The molecule has 16 aromatic rings. The number of hydrogen-bond acceptors (Lipinski definition) is 13. The fraction of sp³-hybridized carbons (Fsp3) is 0.238. The molecule has 4 aliphatic carbocycles. The van der Waals surface area contributed by atoms with E-state index in [1.807, 2.05) is 85.8 Å². The molecule has 21 nitrogen and oxygen atoms in total. The van der Waals surface area contributed by atoms with E-state index in [2.05, 4.69) is 174 Å². The molecule has 0 saturated heterocycles. The Morgan fingerprint density at radius 1 is 0.391 bits per heavy atom. The van der Waals surface area contributed by atoms with Gasteiger partial charge in [0.15, 0.2) is 0 Å². The number of carbonyl (C=O) groups excluding carboxylic acids is 8. The maximum Gasteiger partial charge on any atom is 0.307 e. The highest BCUT2D eigenvalue weighted by Crippen LogP contribution is 2.54. The lowest BCUT2D eigenvalue weighted by Gasteiger charge is -2.13. The largest absolute Gasteiger partial charge is 0.466 e. The standard InChI is InChI=1S/C27H22N2O4.C26H22N2O3.C25H20N2O3.C25H22N2O3.2CH4.I2/c1-2-33-22(31)9-10-29-21-8-7-15(14-30)11-18(21)24-20-13-28-27(32)25(20)23-17-6-4-3-5-16(17)12-19(23)26(24)29;1-2-31-21(29)11-12-28-20-10-6-5-9-17(20)23-19-14-27-26(30)24(19)22-16-8-4-3-7-15(16)13-18(22)25(23)28;1-14(28)30-11-10-27-20-9-5-4-8-17(20)22-19-13-26-25(29)23(19)21-16-7-3-2-6-15(16)12-18(21)24(22)27;28-9-3-8-27-20-7-6-14(13-29)10-17(20)22-19-12-26-25(30)23(19)21-16-5-2-1-4-15(16)11-18(21)24(22)27;;;1-2/h3-8,11,14H,2,9-10,12-13H2,1H3,(H,28,32);3-10H,2,11-14H2,1H3,(H,27,30);2-9H,10-13H2,1H3,(H,26,29);1-2,4-7,10,28-29H,3,8-9,11-13H2,(H,26,30);2*1H4;. The Morgan fingerprint density at radius 2 is 0.719 bits per heavy atom. The van der Waals surface area contributed by atoms with Gasteiger partial charge in [-0.25, -0.2) is 0 Å². The molecule has 128 heavy (non-hydrogen) atoms. The number of fused-ring (bicyclic) bond motifs is 40. The third kappa shape index (κ3) is 13.8. The third-order valence-corrected chi connectivity index (χ3v) is 26.3. The van der Waals surface area contributed by atoms with Crippen LogP contribution in [0, 0.1) is 0 Å². The van der Waals surface area contributed by atoms with E-state index in [4.69, 9.17) is 14.2 Å². The van der Waals surface area contributed by atoms with Crippen LogP contribution in [-0.2, 0) is 113 Å². The Hall–Kier alpha value is -12.8. The van der Waals surface area contributed by atoms with Crippen molar-refractivity contribution in [2.75, 3.05) is 26.4 Å². The minimum Gasteiger partial charge on any atom is -0.466 e. The van der Waals surface area contributed by atoms with Crippen LogP contribution in [0.1, 0.15) is 179 Å². The molecule has 0 spiro atoms. The summed E-state index contributed by atoms with van der Waals surface area (Å²) in [4.78, 5) is 99.0. The first-order chi connectivity index (χ1) is 61.7. The molecule has 4 amide bonds. The molecule has 6 N–H and O–H groups in total. The molecule has 0 saturated carbocycles. The normalized spacial score (nSPS) is 13.6. The smallest absolute Gasteiger partial charge is 0.307 e. The molecule has 0 atom stereocenters. The number of hydrogen-bond donors (Lipinski definition) is 6. The zero-order valence-electron chi connectivity index (χ0n) is 69.5. The van der Waals surface area contributed by atoms with Crippen molar-refractivity contribution in [3.63, 3.8) is 0 Å². The van der Waals surface area contributed by atoms with Gasteiger partial charge in [0.05, 0.1) is 83.5 Å². The summed E-state index contributed by atoms with van der Waals surface area (Å²) < 4.78 is 24.6. The van der Waals surface area contributed by atoms with E-state index < -0.39 is 0 Å². The van der Waals surface area contributed by atoms with Crippen molar-refractivity contribution in [1.82, 2.24) is 39.5 Å². The maximum absolute atomic E-state index is 13.0. The van der Waals surface area contributed by atoms with Crippen LogP contribution in [0.25, 0.3) is 132 Å². The lowest BCUT2D eigenvalue weighted by Crippen LogP contribution is -2.13. The Balaban J connectivity index is 0.000000114. The first kappa shape index (κ1) is 85.9. The monoisotopic (exact) mass is 1930 g/mol. The number of amides is 4. The number of nitrogens with one attached hydrogen (secondary N) is 4. The number of esters is 3. The number of aromatic nitrogens is 4. The number of nitrogens with zero attached hydrogens (tertiary/aromatic N) is 4. The highest BCUT2D eigenvalue weighted by Gasteiger charge is 2.41. The number of ether oxygens (including phenoxy) is 3. The van der Waals surface area contributed by atoms with Crippen LogP contribution in [0.15, 0.2) is 182 Å². The minimum absolute atomic E-state index is 0. The lowest BCUT2D eigenvalue weighted by molar-refractivity contribution is -0.144. The molecule has 4 aliphatic heterocycles. The summed E-state index contributed by atoms with van der Waals surface area (Å²) in [6.45, 7) is 10.6. The predicted molar refractivity (Wildman–Crippen MR) is 519 cm³/mol. The molecule has 24 rings (SSSR count). The van der Waals surface area contributed by atoms with Crippen molar-refractivity contribution in [3.05, 3.63) is 282 Å². The minimum atomic E-state index is -0.274. The molecule has 4 aromatic heterocycles. The van der Waals surface area contributed by atoms with Crippen LogP contribution >= 0.6 is 37.2 Å². The highest BCUT2D eigenvalue weighted by atomic mass is 128. The molecular formula is C105H94I2N8O13. The summed E-state index contributed by atoms with van der Waals surface area (Å²) in [6, 6.07) is 61.5. The Labute approximate surface area is 761 Å². The summed E-state index contributed by atoms with van der Waals surface area (Å²) in [5.74, 6) is -0.747. The second-order valence-corrected chi connectivity index (χ2v) is 32.9. The molecule has 0 radical (unpaired) electrons. The van der Waals surface area contributed by atoms with Gasteiger partial charge in [0.25, 0.3) is 23.6 Å².